The standard InChI is InChI=1S/C16H23NO3/c1-4-7-13(11(2)3)16(20)17-14-9-6-5-8-12(14)10-15(18)19/h5-6,8-9,11,13H,4,7,10H2,1-3H3,(H,17,20)(H,18,19). The van der Waals surface area contributed by atoms with Crippen LogP contribution in [-0.4, -0.2) is 17.0 Å². The van der Waals surface area contributed by atoms with Crippen molar-refractivity contribution in [3.8, 4) is 0 Å². The van der Waals surface area contributed by atoms with Crippen molar-refractivity contribution in [1.82, 2.24) is 0 Å². The van der Waals surface area contributed by atoms with Gasteiger partial charge < -0.3 is 10.4 Å². The first-order valence-corrected chi connectivity index (χ1v) is 7.06. The van der Waals surface area contributed by atoms with Crippen LogP contribution in [-0.2, 0) is 16.0 Å². The van der Waals surface area contributed by atoms with Crippen LogP contribution < -0.4 is 5.32 Å². The fraction of sp³-hybridized carbons (Fsp3) is 0.500. The SMILES string of the molecule is CCCC(C(=O)Nc1ccccc1CC(=O)O)C(C)C. The summed E-state index contributed by atoms with van der Waals surface area (Å²) in [7, 11) is 0. The van der Waals surface area contributed by atoms with Gasteiger partial charge >= 0.3 is 5.97 Å². The molecule has 4 nitrogen and oxygen atoms in total. The molecule has 0 saturated carbocycles. The van der Waals surface area contributed by atoms with Crippen LogP contribution >= 0.6 is 0 Å². The maximum atomic E-state index is 12.3. The number of hydrogen-bond acceptors (Lipinski definition) is 2. The van der Waals surface area contributed by atoms with Gasteiger partial charge in [0.15, 0.2) is 0 Å². The maximum absolute atomic E-state index is 12.3. The van der Waals surface area contributed by atoms with Crippen molar-refractivity contribution in [3.63, 3.8) is 0 Å². The molecule has 1 amide bonds. The van der Waals surface area contributed by atoms with Crippen molar-refractivity contribution in [2.24, 2.45) is 11.8 Å². The molecule has 2 N–H and O–H groups in total. The van der Waals surface area contributed by atoms with E-state index in [0.717, 1.165) is 12.8 Å². The first-order valence-electron chi connectivity index (χ1n) is 7.06. The number of aliphatic carboxylic acids is 1. The maximum Gasteiger partial charge on any atom is 0.307 e. The number of amides is 1. The van der Waals surface area contributed by atoms with Crippen molar-refractivity contribution in [1.29, 1.82) is 0 Å². The van der Waals surface area contributed by atoms with Crippen molar-refractivity contribution in [2.45, 2.75) is 40.0 Å². The molecule has 0 aliphatic rings. The van der Waals surface area contributed by atoms with Crippen LogP contribution in [0.3, 0.4) is 0 Å². The van der Waals surface area contributed by atoms with Crippen molar-refractivity contribution in [3.05, 3.63) is 29.8 Å². The number of carboxylic acids is 1. The lowest BCUT2D eigenvalue weighted by Gasteiger charge is -2.20. The predicted octanol–water partition coefficient (Wildman–Crippen LogP) is 3.32. The summed E-state index contributed by atoms with van der Waals surface area (Å²) in [5, 5.41) is 11.8. The third-order valence-corrected chi connectivity index (χ3v) is 3.36. The molecule has 0 fully saturated rings. The minimum Gasteiger partial charge on any atom is -0.481 e. The van der Waals surface area contributed by atoms with Crippen LogP contribution in [0.1, 0.15) is 39.2 Å². The quantitative estimate of drug-likeness (QED) is 0.803. The van der Waals surface area contributed by atoms with Gasteiger partial charge in [-0.15, -0.1) is 0 Å². The molecule has 1 aromatic carbocycles. The van der Waals surface area contributed by atoms with Crippen molar-refractivity contribution in [2.75, 3.05) is 5.32 Å². The molecule has 1 atom stereocenters. The molecular weight excluding hydrogens is 254 g/mol. The summed E-state index contributed by atoms with van der Waals surface area (Å²) in [4.78, 5) is 23.2. The van der Waals surface area contributed by atoms with E-state index in [4.69, 9.17) is 5.11 Å². The van der Waals surface area contributed by atoms with Gasteiger partial charge in [0.25, 0.3) is 0 Å². The third kappa shape index (κ3) is 4.68. The molecule has 1 unspecified atom stereocenters. The van der Waals surface area contributed by atoms with Crippen LogP contribution in [0.25, 0.3) is 0 Å². The Bertz CT molecular complexity index is 469. The lowest BCUT2D eigenvalue weighted by molar-refractivity contribution is -0.136. The number of nitrogens with one attached hydrogen (secondary N) is 1. The van der Waals surface area contributed by atoms with Crippen molar-refractivity contribution < 1.29 is 14.7 Å². The normalized spacial score (nSPS) is 12.2. The molecule has 20 heavy (non-hydrogen) atoms. The smallest absolute Gasteiger partial charge is 0.307 e. The van der Waals surface area contributed by atoms with E-state index in [1.165, 1.54) is 0 Å². The number of hydrogen-bond donors (Lipinski definition) is 2. The van der Waals surface area contributed by atoms with Crippen LogP contribution in [0.2, 0.25) is 0 Å². The highest BCUT2D eigenvalue weighted by atomic mass is 16.4. The molecule has 4 heteroatoms. The Balaban J connectivity index is 2.86. The zero-order chi connectivity index (χ0) is 15.1. The second-order valence-corrected chi connectivity index (χ2v) is 5.36. The number of anilines is 1. The van der Waals surface area contributed by atoms with Gasteiger partial charge in [-0.1, -0.05) is 45.4 Å². The summed E-state index contributed by atoms with van der Waals surface area (Å²) in [5.74, 6) is -0.708. The van der Waals surface area contributed by atoms with E-state index in [2.05, 4.69) is 12.2 Å². The van der Waals surface area contributed by atoms with Crippen molar-refractivity contribution >= 4 is 17.6 Å². The van der Waals surface area contributed by atoms with Gasteiger partial charge in [0.1, 0.15) is 0 Å². The number of rotatable bonds is 7. The van der Waals surface area contributed by atoms with E-state index in [0.29, 0.717) is 11.3 Å². The predicted molar refractivity (Wildman–Crippen MR) is 79.6 cm³/mol. The topological polar surface area (TPSA) is 66.4 Å². The zero-order valence-corrected chi connectivity index (χ0v) is 12.3. The van der Waals surface area contributed by atoms with E-state index in [-0.39, 0.29) is 24.2 Å². The fourth-order valence-electron chi connectivity index (χ4n) is 2.26. The molecule has 0 saturated heterocycles. The molecule has 1 rings (SSSR count). The van der Waals surface area contributed by atoms with E-state index >= 15 is 0 Å². The Hall–Kier alpha value is -1.84. The summed E-state index contributed by atoms with van der Waals surface area (Å²) in [6, 6.07) is 7.05. The number of benzene rings is 1. The molecule has 0 aliphatic carbocycles. The summed E-state index contributed by atoms with van der Waals surface area (Å²) in [6.07, 6.45) is 1.70. The monoisotopic (exact) mass is 277 g/mol. The lowest BCUT2D eigenvalue weighted by Crippen LogP contribution is -2.27. The zero-order valence-electron chi connectivity index (χ0n) is 12.3. The average Bonchev–Trinajstić information content (AvgIpc) is 2.37. The Morgan fingerprint density at radius 3 is 2.45 bits per heavy atom. The second kappa shape index (κ2) is 7.68. The number of carbonyl (C=O) groups is 2. The highest BCUT2D eigenvalue weighted by Crippen LogP contribution is 2.22. The van der Waals surface area contributed by atoms with Gasteiger partial charge in [-0.3, -0.25) is 9.59 Å². The second-order valence-electron chi connectivity index (χ2n) is 5.36. The van der Waals surface area contributed by atoms with E-state index in [9.17, 15) is 9.59 Å². The van der Waals surface area contributed by atoms with Gasteiger partial charge in [0.05, 0.1) is 6.42 Å². The first kappa shape index (κ1) is 16.2. The highest BCUT2D eigenvalue weighted by molar-refractivity contribution is 5.94. The van der Waals surface area contributed by atoms with E-state index in [1.807, 2.05) is 13.8 Å². The molecule has 0 heterocycles. The largest absolute Gasteiger partial charge is 0.481 e. The molecule has 0 aromatic heterocycles. The lowest BCUT2D eigenvalue weighted by atomic mass is 9.90. The number of carboxylic acid groups (broad SMARTS) is 1. The van der Waals surface area contributed by atoms with Crippen LogP contribution in [0, 0.1) is 11.8 Å². The Kier molecular flexibility index (Phi) is 6.22. The minimum absolute atomic E-state index is 0.0281. The minimum atomic E-state index is -0.902. The first-order chi connectivity index (χ1) is 9.45. The summed E-state index contributed by atoms with van der Waals surface area (Å²) >= 11 is 0. The number of para-hydroxylation sites is 1. The van der Waals surface area contributed by atoms with E-state index < -0.39 is 5.97 Å². The molecule has 0 spiro atoms. The third-order valence-electron chi connectivity index (χ3n) is 3.36. The summed E-state index contributed by atoms with van der Waals surface area (Å²) in [5.41, 5.74) is 1.23. The van der Waals surface area contributed by atoms with Gasteiger partial charge in [0.2, 0.25) is 5.91 Å². The fourth-order valence-corrected chi connectivity index (χ4v) is 2.26. The molecule has 110 valence electrons. The summed E-state index contributed by atoms with van der Waals surface area (Å²) < 4.78 is 0. The van der Waals surface area contributed by atoms with Gasteiger partial charge in [-0.05, 0) is 24.0 Å². The average molecular weight is 277 g/mol. The Morgan fingerprint density at radius 2 is 1.90 bits per heavy atom. The van der Waals surface area contributed by atoms with Gasteiger partial charge in [-0.25, -0.2) is 0 Å². The van der Waals surface area contributed by atoms with Crippen LogP contribution in [0.15, 0.2) is 24.3 Å². The highest BCUT2D eigenvalue weighted by Gasteiger charge is 2.22. The van der Waals surface area contributed by atoms with Crippen LogP contribution in [0.5, 0.6) is 0 Å². The van der Waals surface area contributed by atoms with Crippen LogP contribution in [0.4, 0.5) is 5.69 Å². The molecule has 0 radical (unpaired) electrons. The molecular formula is C16H23NO3. The Labute approximate surface area is 120 Å². The molecule has 0 bridgehead atoms. The van der Waals surface area contributed by atoms with E-state index in [1.54, 1.807) is 24.3 Å². The molecule has 0 aliphatic heterocycles. The Morgan fingerprint density at radius 1 is 1.25 bits per heavy atom. The number of carbonyl (C=O) groups excluding carboxylic acids is 1. The van der Waals surface area contributed by atoms with Gasteiger partial charge in [-0.2, -0.15) is 0 Å². The molecule has 1 aromatic rings. The van der Waals surface area contributed by atoms with Gasteiger partial charge in [0, 0.05) is 11.6 Å². The summed E-state index contributed by atoms with van der Waals surface area (Å²) in [6.45, 7) is 6.12.